The van der Waals surface area contributed by atoms with Crippen LogP contribution in [0.1, 0.15) is 46.1 Å². The second-order valence-corrected chi connectivity index (χ2v) is 8.74. The normalized spacial score (nSPS) is 16.2. The van der Waals surface area contributed by atoms with Crippen molar-refractivity contribution >= 4 is 57.5 Å². The molecular formula is C21H26INO6S. The zero-order chi connectivity index (χ0) is 22.3. The number of imide groups is 1. The van der Waals surface area contributed by atoms with Gasteiger partial charge in [0.2, 0.25) is 0 Å². The molecule has 0 unspecified atom stereocenters. The van der Waals surface area contributed by atoms with Crippen LogP contribution in [0.5, 0.6) is 11.5 Å². The number of thioether (sulfide) groups is 1. The molecule has 30 heavy (non-hydrogen) atoms. The van der Waals surface area contributed by atoms with Crippen LogP contribution in [0.4, 0.5) is 4.79 Å². The number of hydrogen-bond acceptors (Lipinski definition) is 7. The molecule has 1 atom stereocenters. The van der Waals surface area contributed by atoms with E-state index in [-0.39, 0.29) is 11.0 Å². The Balaban J connectivity index is 2.23. The lowest BCUT2D eigenvalue weighted by atomic mass is 10.2. The van der Waals surface area contributed by atoms with Crippen LogP contribution >= 0.6 is 34.4 Å². The van der Waals surface area contributed by atoms with E-state index < -0.39 is 23.7 Å². The van der Waals surface area contributed by atoms with Gasteiger partial charge in [-0.1, -0.05) is 13.8 Å². The van der Waals surface area contributed by atoms with Crippen LogP contribution in [-0.4, -0.2) is 47.9 Å². The van der Waals surface area contributed by atoms with Crippen LogP contribution in [0.2, 0.25) is 0 Å². The Labute approximate surface area is 194 Å². The Morgan fingerprint density at radius 3 is 2.60 bits per heavy atom. The number of hydrogen-bond donors (Lipinski definition) is 0. The summed E-state index contributed by atoms with van der Waals surface area (Å²) in [5, 5.41) is -0.491. The summed E-state index contributed by atoms with van der Waals surface area (Å²) in [5.41, 5.74) is 0.708. The summed E-state index contributed by atoms with van der Waals surface area (Å²) < 4.78 is 17.5. The van der Waals surface area contributed by atoms with Gasteiger partial charge in [-0.3, -0.25) is 19.3 Å². The highest BCUT2D eigenvalue weighted by Crippen LogP contribution is 2.37. The second kappa shape index (κ2) is 11.6. The van der Waals surface area contributed by atoms with Crippen molar-refractivity contribution in [1.82, 2.24) is 4.90 Å². The van der Waals surface area contributed by atoms with Gasteiger partial charge in [0.05, 0.1) is 27.8 Å². The number of amides is 2. The van der Waals surface area contributed by atoms with Gasteiger partial charge in [-0.15, -0.1) is 0 Å². The lowest BCUT2D eigenvalue weighted by Gasteiger charge is -2.15. The minimum Gasteiger partial charge on any atom is -0.490 e. The average Bonchev–Trinajstić information content (AvgIpc) is 2.94. The van der Waals surface area contributed by atoms with Crippen molar-refractivity contribution in [2.24, 2.45) is 0 Å². The van der Waals surface area contributed by atoms with Crippen molar-refractivity contribution in [3.63, 3.8) is 0 Å². The molecule has 1 heterocycles. The maximum Gasteiger partial charge on any atom is 0.326 e. The van der Waals surface area contributed by atoms with Crippen molar-refractivity contribution < 1.29 is 28.6 Å². The molecule has 0 radical (unpaired) electrons. The molecule has 0 bridgehead atoms. The van der Waals surface area contributed by atoms with E-state index in [4.69, 9.17) is 14.2 Å². The zero-order valence-electron chi connectivity index (χ0n) is 17.5. The number of nitrogens with zero attached hydrogens (tertiary/aromatic N) is 1. The van der Waals surface area contributed by atoms with E-state index in [2.05, 4.69) is 22.6 Å². The molecular weight excluding hydrogens is 521 g/mol. The Morgan fingerprint density at radius 2 is 1.97 bits per heavy atom. The second-order valence-electron chi connectivity index (χ2n) is 6.59. The third-order valence-corrected chi connectivity index (χ3v) is 5.86. The summed E-state index contributed by atoms with van der Waals surface area (Å²) in [6, 6.07) is 3.64. The number of esters is 1. The summed E-state index contributed by atoms with van der Waals surface area (Å²) >= 11 is 2.96. The maximum absolute atomic E-state index is 12.7. The van der Waals surface area contributed by atoms with E-state index in [1.807, 2.05) is 26.8 Å². The predicted molar refractivity (Wildman–Crippen MR) is 125 cm³/mol. The van der Waals surface area contributed by atoms with Crippen LogP contribution in [0.3, 0.4) is 0 Å². The Kier molecular flexibility index (Phi) is 9.47. The third-order valence-electron chi connectivity index (χ3n) is 4.15. The largest absolute Gasteiger partial charge is 0.490 e. The fourth-order valence-corrected chi connectivity index (χ4v) is 4.16. The fourth-order valence-electron chi connectivity index (χ4n) is 2.54. The van der Waals surface area contributed by atoms with Gasteiger partial charge < -0.3 is 14.2 Å². The first kappa shape index (κ1) is 24.5. The van der Waals surface area contributed by atoms with Gasteiger partial charge in [0.15, 0.2) is 11.5 Å². The van der Waals surface area contributed by atoms with Crippen LogP contribution in [0, 0.1) is 3.57 Å². The van der Waals surface area contributed by atoms with Crippen molar-refractivity contribution in [3.8, 4) is 11.5 Å². The maximum atomic E-state index is 12.7. The van der Waals surface area contributed by atoms with Gasteiger partial charge >= 0.3 is 5.97 Å². The first-order valence-corrected chi connectivity index (χ1v) is 11.7. The zero-order valence-corrected chi connectivity index (χ0v) is 20.5. The van der Waals surface area contributed by atoms with E-state index in [1.165, 1.54) is 0 Å². The molecule has 1 fully saturated rings. The molecule has 0 N–H and O–H groups in total. The number of benzene rings is 1. The molecule has 164 valence electrons. The predicted octanol–water partition coefficient (Wildman–Crippen LogP) is 4.86. The topological polar surface area (TPSA) is 82.1 Å². The highest BCUT2D eigenvalue weighted by Gasteiger charge is 2.37. The smallest absolute Gasteiger partial charge is 0.326 e. The molecule has 1 aliphatic rings. The van der Waals surface area contributed by atoms with Gasteiger partial charge in [0.1, 0.15) is 6.54 Å². The molecule has 1 aromatic carbocycles. The minimum atomic E-state index is -0.599. The molecule has 1 aromatic rings. The third kappa shape index (κ3) is 6.37. The molecule has 0 aliphatic carbocycles. The lowest BCUT2D eigenvalue weighted by molar-refractivity contribution is -0.150. The van der Waals surface area contributed by atoms with Gasteiger partial charge in [0.25, 0.3) is 11.1 Å². The number of ether oxygens (including phenoxy) is 3. The van der Waals surface area contributed by atoms with E-state index in [0.717, 1.165) is 26.7 Å². The molecule has 2 amide bonds. The molecule has 0 spiro atoms. The molecule has 1 aliphatic heterocycles. The van der Waals surface area contributed by atoms with E-state index in [0.29, 0.717) is 36.7 Å². The highest BCUT2D eigenvalue weighted by molar-refractivity contribution is 14.1. The quantitative estimate of drug-likeness (QED) is 0.235. The molecule has 0 aromatic heterocycles. The number of halogens is 1. The lowest BCUT2D eigenvalue weighted by Crippen LogP contribution is -2.35. The van der Waals surface area contributed by atoms with Gasteiger partial charge in [0, 0.05) is 0 Å². The van der Waals surface area contributed by atoms with Crippen molar-refractivity contribution in [2.45, 2.75) is 46.6 Å². The average molecular weight is 547 g/mol. The Morgan fingerprint density at radius 1 is 1.23 bits per heavy atom. The summed E-state index contributed by atoms with van der Waals surface area (Å²) in [6.45, 7) is 8.20. The van der Waals surface area contributed by atoms with E-state index >= 15 is 0 Å². The Bertz CT molecular complexity index is 841. The van der Waals surface area contributed by atoms with E-state index in [9.17, 15) is 14.4 Å². The number of rotatable bonds is 10. The number of carbonyl (C=O) groups is 3. The van der Waals surface area contributed by atoms with Crippen molar-refractivity contribution in [1.29, 1.82) is 0 Å². The molecule has 0 saturated carbocycles. The standard InChI is InChI=1S/C21H26INO6S/c1-5-8-28-19-15(22)9-14(10-16(19)27-7-3)11-17-20(25)23(21(26)30-17)12-18(24)29-13(4)6-2/h9-11,13H,5-8,12H2,1-4H3/b17-11-/t13-/m0/s1. The van der Waals surface area contributed by atoms with Crippen LogP contribution in [0.15, 0.2) is 17.0 Å². The molecule has 2 rings (SSSR count). The van der Waals surface area contributed by atoms with Gasteiger partial charge in [-0.05, 0) is 84.8 Å². The first-order valence-electron chi connectivity index (χ1n) is 9.84. The van der Waals surface area contributed by atoms with Crippen LogP contribution < -0.4 is 9.47 Å². The van der Waals surface area contributed by atoms with Crippen molar-refractivity contribution in [2.75, 3.05) is 19.8 Å². The van der Waals surface area contributed by atoms with Gasteiger partial charge in [-0.25, -0.2) is 0 Å². The SMILES string of the molecule is CCCOc1c(I)cc(/C=C2\SC(=O)N(CC(=O)O[C@@H](C)CC)C2=O)cc1OCC. The van der Waals surface area contributed by atoms with Crippen LogP contribution in [0.25, 0.3) is 6.08 Å². The monoisotopic (exact) mass is 547 g/mol. The van der Waals surface area contributed by atoms with Crippen molar-refractivity contribution in [3.05, 3.63) is 26.2 Å². The summed E-state index contributed by atoms with van der Waals surface area (Å²) in [5.74, 6) is 0.140. The molecule has 1 saturated heterocycles. The fraction of sp³-hybridized carbons (Fsp3) is 0.476. The van der Waals surface area contributed by atoms with Crippen LogP contribution in [-0.2, 0) is 14.3 Å². The molecule has 7 nitrogen and oxygen atoms in total. The summed E-state index contributed by atoms with van der Waals surface area (Å²) in [6.07, 6.45) is 2.89. The number of carbonyl (C=O) groups excluding carboxylic acids is 3. The van der Waals surface area contributed by atoms with Gasteiger partial charge in [-0.2, -0.15) is 0 Å². The first-order chi connectivity index (χ1) is 14.3. The summed E-state index contributed by atoms with van der Waals surface area (Å²) in [7, 11) is 0. The van der Waals surface area contributed by atoms with E-state index in [1.54, 1.807) is 19.1 Å². The highest BCUT2D eigenvalue weighted by atomic mass is 127. The minimum absolute atomic E-state index is 0.247. The summed E-state index contributed by atoms with van der Waals surface area (Å²) in [4.78, 5) is 38.1. The Hall–Kier alpha value is -1.75. The molecule has 9 heteroatoms.